The minimum Gasteiger partial charge on any atom is -0.391 e. The second-order valence-electron chi connectivity index (χ2n) is 5.84. The van der Waals surface area contributed by atoms with Crippen molar-refractivity contribution in [3.05, 3.63) is 35.4 Å². The SMILES string of the molecule is O=C(N[C@H]1CCCC[C@@H]1O)C1Cc2ccccc2C1. The van der Waals surface area contributed by atoms with E-state index in [1.54, 1.807) is 0 Å². The Hall–Kier alpha value is -1.35. The van der Waals surface area contributed by atoms with E-state index in [0.29, 0.717) is 0 Å². The number of fused-ring (bicyclic) bond motifs is 1. The van der Waals surface area contributed by atoms with Gasteiger partial charge < -0.3 is 10.4 Å². The Morgan fingerprint density at radius 1 is 1.11 bits per heavy atom. The van der Waals surface area contributed by atoms with Crippen LogP contribution in [-0.2, 0) is 17.6 Å². The van der Waals surface area contributed by atoms with Crippen LogP contribution in [0, 0.1) is 5.92 Å². The number of benzene rings is 1. The molecule has 0 aliphatic heterocycles. The lowest BCUT2D eigenvalue weighted by Gasteiger charge is -2.29. The van der Waals surface area contributed by atoms with E-state index >= 15 is 0 Å². The molecular weight excluding hydrogens is 238 g/mol. The van der Waals surface area contributed by atoms with Crippen LogP contribution in [-0.4, -0.2) is 23.2 Å². The molecule has 2 atom stereocenters. The molecule has 0 heterocycles. The number of hydrogen-bond acceptors (Lipinski definition) is 2. The lowest BCUT2D eigenvalue weighted by molar-refractivity contribution is -0.126. The predicted molar refractivity (Wildman–Crippen MR) is 73.7 cm³/mol. The van der Waals surface area contributed by atoms with Crippen molar-refractivity contribution in [1.82, 2.24) is 5.32 Å². The lowest BCUT2D eigenvalue weighted by atomic mass is 9.92. The Bertz CT molecular complexity index is 447. The summed E-state index contributed by atoms with van der Waals surface area (Å²) in [6.45, 7) is 0. The summed E-state index contributed by atoms with van der Waals surface area (Å²) in [6, 6.07) is 8.24. The summed E-state index contributed by atoms with van der Waals surface area (Å²) in [6.07, 6.45) is 5.22. The highest BCUT2D eigenvalue weighted by Crippen LogP contribution is 2.27. The Labute approximate surface area is 114 Å². The van der Waals surface area contributed by atoms with Crippen molar-refractivity contribution in [2.75, 3.05) is 0 Å². The van der Waals surface area contributed by atoms with Gasteiger partial charge in [-0.3, -0.25) is 4.79 Å². The zero-order valence-electron chi connectivity index (χ0n) is 11.1. The van der Waals surface area contributed by atoms with Crippen LogP contribution in [0.5, 0.6) is 0 Å². The minimum absolute atomic E-state index is 0.0371. The molecule has 0 saturated heterocycles. The third kappa shape index (κ3) is 2.66. The van der Waals surface area contributed by atoms with E-state index in [1.165, 1.54) is 11.1 Å². The number of aliphatic hydroxyl groups excluding tert-OH is 1. The molecule has 0 radical (unpaired) electrons. The van der Waals surface area contributed by atoms with E-state index in [1.807, 2.05) is 12.1 Å². The molecule has 1 fully saturated rings. The van der Waals surface area contributed by atoms with Crippen LogP contribution in [0.3, 0.4) is 0 Å². The van der Waals surface area contributed by atoms with Crippen LogP contribution in [0.2, 0.25) is 0 Å². The molecular formula is C16H21NO2. The maximum absolute atomic E-state index is 12.3. The maximum Gasteiger partial charge on any atom is 0.224 e. The van der Waals surface area contributed by atoms with E-state index in [9.17, 15) is 9.90 Å². The van der Waals surface area contributed by atoms with Crippen molar-refractivity contribution in [1.29, 1.82) is 0 Å². The van der Waals surface area contributed by atoms with Gasteiger partial charge in [-0.2, -0.15) is 0 Å². The van der Waals surface area contributed by atoms with Gasteiger partial charge in [-0.15, -0.1) is 0 Å². The summed E-state index contributed by atoms with van der Waals surface area (Å²) >= 11 is 0. The zero-order chi connectivity index (χ0) is 13.2. The van der Waals surface area contributed by atoms with Crippen molar-refractivity contribution in [2.45, 2.75) is 50.7 Å². The van der Waals surface area contributed by atoms with Crippen LogP contribution in [0.25, 0.3) is 0 Å². The molecule has 2 aliphatic carbocycles. The van der Waals surface area contributed by atoms with Crippen LogP contribution in [0.1, 0.15) is 36.8 Å². The highest BCUT2D eigenvalue weighted by atomic mass is 16.3. The largest absolute Gasteiger partial charge is 0.391 e. The standard InChI is InChI=1S/C16H21NO2/c18-15-8-4-3-7-14(15)17-16(19)13-9-11-5-1-2-6-12(11)10-13/h1-2,5-6,13-15,18H,3-4,7-10H2,(H,17,19)/t14-,15-/m0/s1. The predicted octanol–water partition coefficient (Wildman–Crippen LogP) is 1.82. The van der Waals surface area contributed by atoms with Gasteiger partial charge in [0.15, 0.2) is 0 Å². The first-order valence-corrected chi connectivity index (χ1v) is 7.29. The Morgan fingerprint density at radius 2 is 1.74 bits per heavy atom. The molecule has 2 N–H and O–H groups in total. The Balaban J connectivity index is 1.60. The van der Waals surface area contributed by atoms with Gasteiger partial charge in [0.25, 0.3) is 0 Å². The van der Waals surface area contributed by atoms with E-state index in [0.717, 1.165) is 38.5 Å². The molecule has 1 amide bonds. The summed E-state index contributed by atoms with van der Waals surface area (Å²) in [7, 11) is 0. The Kier molecular flexibility index (Phi) is 3.56. The van der Waals surface area contributed by atoms with Crippen LogP contribution in [0.15, 0.2) is 24.3 Å². The van der Waals surface area contributed by atoms with Crippen LogP contribution in [0.4, 0.5) is 0 Å². The lowest BCUT2D eigenvalue weighted by Crippen LogP contribution is -2.47. The number of aliphatic hydroxyl groups is 1. The first kappa shape index (κ1) is 12.7. The van der Waals surface area contributed by atoms with E-state index in [2.05, 4.69) is 17.4 Å². The summed E-state index contributed by atoms with van der Waals surface area (Å²) in [4.78, 5) is 12.3. The van der Waals surface area contributed by atoms with E-state index in [4.69, 9.17) is 0 Å². The smallest absolute Gasteiger partial charge is 0.224 e. The minimum atomic E-state index is -0.360. The first-order chi connectivity index (χ1) is 9.24. The molecule has 19 heavy (non-hydrogen) atoms. The van der Waals surface area contributed by atoms with Crippen molar-refractivity contribution in [3.63, 3.8) is 0 Å². The molecule has 3 rings (SSSR count). The van der Waals surface area contributed by atoms with Gasteiger partial charge in [0.05, 0.1) is 12.1 Å². The number of hydrogen-bond donors (Lipinski definition) is 2. The summed E-state index contributed by atoms with van der Waals surface area (Å²) in [5, 5.41) is 13.0. The molecule has 0 unspecified atom stereocenters. The zero-order valence-corrected chi connectivity index (χ0v) is 11.1. The highest BCUT2D eigenvalue weighted by Gasteiger charge is 2.31. The molecule has 3 heteroatoms. The molecule has 1 aromatic carbocycles. The molecule has 2 aliphatic rings. The molecule has 1 saturated carbocycles. The number of carbonyl (C=O) groups is 1. The normalized spacial score (nSPS) is 27.0. The summed E-state index contributed by atoms with van der Waals surface area (Å²) in [5.41, 5.74) is 2.60. The van der Waals surface area contributed by atoms with Crippen molar-refractivity contribution < 1.29 is 9.90 Å². The average molecular weight is 259 g/mol. The number of carbonyl (C=O) groups excluding carboxylic acids is 1. The molecule has 102 valence electrons. The first-order valence-electron chi connectivity index (χ1n) is 7.29. The van der Waals surface area contributed by atoms with Gasteiger partial charge in [-0.1, -0.05) is 37.1 Å². The van der Waals surface area contributed by atoms with Crippen molar-refractivity contribution in [3.8, 4) is 0 Å². The molecule has 0 spiro atoms. The third-order valence-corrected chi connectivity index (χ3v) is 4.48. The van der Waals surface area contributed by atoms with E-state index in [-0.39, 0.29) is 24.0 Å². The van der Waals surface area contributed by atoms with Gasteiger partial charge >= 0.3 is 0 Å². The maximum atomic E-state index is 12.3. The Morgan fingerprint density at radius 3 is 2.37 bits per heavy atom. The number of nitrogens with one attached hydrogen (secondary N) is 1. The second kappa shape index (κ2) is 5.33. The third-order valence-electron chi connectivity index (χ3n) is 4.48. The summed E-state index contributed by atoms with van der Waals surface area (Å²) < 4.78 is 0. The second-order valence-corrected chi connectivity index (χ2v) is 5.84. The molecule has 3 nitrogen and oxygen atoms in total. The average Bonchev–Trinajstić information content (AvgIpc) is 2.85. The molecule has 0 aromatic heterocycles. The van der Waals surface area contributed by atoms with Crippen LogP contribution < -0.4 is 5.32 Å². The number of rotatable bonds is 2. The van der Waals surface area contributed by atoms with Gasteiger partial charge in [0.1, 0.15) is 0 Å². The van der Waals surface area contributed by atoms with Crippen LogP contribution >= 0.6 is 0 Å². The van der Waals surface area contributed by atoms with Crippen molar-refractivity contribution >= 4 is 5.91 Å². The fourth-order valence-corrected chi connectivity index (χ4v) is 3.32. The fraction of sp³-hybridized carbons (Fsp3) is 0.562. The van der Waals surface area contributed by atoms with Gasteiger partial charge in [-0.05, 0) is 36.8 Å². The number of amides is 1. The topological polar surface area (TPSA) is 49.3 Å². The highest BCUT2D eigenvalue weighted by molar-refractivity contribution is 5.80. The van der Waals surface area contributed by atoms with E-state index < -0.39 is 0 Å². The quantitative estimate of drug-likeness (QED) is 0.851. The summed E-state index contributed by atoms with van der Waals surface area (Å²) in [5.74, 6) is 0.161. The van der Waals surface area contributed by atoms with Crippen molar-refractivity contribution in [2.24, 2.45) is 5.92 Å². The molecule has 0 bridgehead atoms. The van der Waals surface area contributed by atoms with Gasteiger partial charge in [-0.25, -0.2) is 0 Å². The van der Waals surface area contributed by atoms with Gasteiger partial charge in [0.2, 0.25) is 5.91 Å². The van der Waals surface area contributed by atoms with Gasteiger partial charge in [0, 0.05) is 5.92 Å². The fourth-order valence-electron chi connectivity index (χ4n) is 3.32. The monoisotopic (exact) mass is 259 g/mol. The molecule has 1 aromatic rings.